The number of allylic oxidation sites excluding steroid dienone is 1. The van der Waals surface area contributed by atoms with E-state index in [9.17, 15) is 9.59 Å². The van der Waals surface area contributed by atoms with Crippen LogP contribution in [0.3, 0.4) is 0 Å². The Hall–Kier alpha value is -1.60. The van der Waals surface area contributed by atoms with Crippen LogP contribution in [-0.2, 0) is 19.1 Å². The number of ether oxygens (including phenoxy) is 2. The minimum absolute atomic E-state index is 0.0209. The minimum Gasteiger partial charge on any atom is -0.414 e. The summed E-state index contributed by atoms with van der Waals surface area (Å²) in [5, 5.41) is 0. The van der Waals surface area contributed by atoms with Crippen LogP contribution < -0.4 is 0 Å². The highest BCUT2D eigenvalue weighted by molar-refractivity contribution is 6.16. The Kier molecular flexibility index (Phi) is 6.11. The van der Waals surface area contributed by atoms with Crippen LogP contribution in [-0.4, -0.2) is 25.0 Å². The van der Waals surface area contributed by atoms with Crippen molar-refractivity contribution in [1.29, 1.82) is 0 Å². The fourth-order valence-electron chi connectivity index (χ4n) is 5.82. The summed E-state index contributed by atoms with van der Waals surface area (Å²) in [6.07, 6.45) is 14.8. The van der Waals surface area contributed by atoms with E-state index < -0.39 is 11.7 Å². The van der Waals surface area contributed by atoms with Gasteiger partial charge in [-0.2, -0.15) is 0 Å². The van der Waals surface area contributed by atoms with Gasteiger partial charge in [-0.25, -0.2) is 0 Å². The van der Waals surface area contributed by atoms with Crippen molar-refractivity contribution in [1.82, 2.24) is 0 Å². The van der Waals surface area contributed by atoms with Crippen molar-refractivity contribution in [3.63, 3.8) is 0 Å². The fourth-order valence-corrected chi connectivity index (χ4v) is 5.82. The summed E-state index contributed by atoms with van der Waals surface area (Å²) in [6.45, 7) is 6.26. The molecule has 6 atom stereocenters. The molecule has 4 aliphatic carbocycles. The molecule has 2 bridgehead atoms. The van der Waals surface area contributed by atoms with E-state index in [2.05, 4.69) is 19.6 Å². The van der Waals surface area contributed by atoms with Crippen LogP contribution in [0.25, 0.3) is 0 Å². The van der Waals surface area contributed by atoms with Crippen LogP contribution in [0.2, 0.25) is 0 Å². The molecule has 4 nitrogen and oxygen atoms in total. The predicted molar refractivity (Wildman–Crippen MR) is 103 cm³/mol. The van der Waals surface area contributed by atoms with Crippen LogP contribution in [0.15, 0.2) is 12.2 Å². The van der Waals surface area contributed by atoms with Gasteiger partial charge in [0.25, 0.3) is 0 Å². The first-order chi connectivity index (χ1) is 13.0. The van der Waals surface area contributed by atoms with Crippen molar-refractivity contribution in [3.05, 3.63) is 12.2 Å². The van der Waals surface area contributed by atoms with Crippen LogP contribution >= 0.6 is 0 Å². The highest BCUT2D eigenvalue weighted by atomic mass is 16.7. The van der Waals surface area contributed by atoms with E-state index in [4.69, 9.17) is 15.9 Å². The lowest BCUT2D eigenvalue weighted by molar-refractivity contribution is -0.172. The van der Waals surface area contributed by atoms with Crippen molar-refractivity contribution in [2.75, 3.05) is 7.11 Å². The second-order valence-electron chi connectivity index (χ2n) is 8.76. The van der Waals surface area contributed by atoms with Crippen LogP contribution in [0.4, 0.5) is 0 Å². The topological polar surface area (TPSA) is 52.6 Å². The average Bonchev–Trinajstić information content (AvgIpc) is 2.69. The molecule has 0 aliphatic heterocycles. The molecule has 148 valence electrons. The van der Waals surface area contributed by atoms with Gasteiger partial charge in [0.1, 0.15) is 11.9 Å². The molecule has 4 aliphatic rings. The molecule has 0 saturated heterocycles. The number of Topliss-reactive ketones (excluding diaryl/α,β-unsaturated/α-hetero) is 2. The van der Waals surface area contributed by atoms with Gasteiger partial charge >= 0.3 is 0 Å². The van der Waals surface area contributed by atoms with E-state index in [-0.39, 0.29) is 29.3 Å². The number of carbonyl (C=O) groups excluding carboxylic acids is 2. The molecule has 0 aromatic rings. The van der Waals surface area contributed by atoms with Crippen molar-refractivity contribution in [3.8, 4) is 12.5 Å². The third-order valence-electron chi connectivity index (χ3n) is 7.38. The van der Waals surface area contributed by atoms with E-state index >= 15 is 0 Å². The minimum atomic E-state index is -0.949. The molecule has 4 heteroatoms. The molecule has 4 saturated carbocycles. The molecule has 27 heavy (non-hydrogen) atoms. The Labute approximate surface area is 163 Å². The Bertz CT molecular complexity index is 645. The maximum Gasteiger partial charge on any atom is 0.213 e. The molecule has 6 unspecified atom stereocenters. The summed E-state index contributed by atoms with van der Waals surface area (Å²) in [5.41, 5.74) is -0.297. The molecule has 0 radical (unpaired) electrons. The number of carbonyl (C=O) groups is 2. The summed E-state index contributed by atoms with van der Waals surface area (Å²) < 4.78 is 11.1. The number of fused-ring (bicyclic) bond motifs is 2. The molecule has 0 amide bonds. The zero-order valence-corrected chi connectivity index (χ0v) is 16.7. The molecule has 1 spiro atoms. The third kappa shape index (κ3) is 3.47. The molecule has 4 rings (SSSR count). The third-order valence-corrected chi connectivity index (χ3v) is 7.38. The van der Waals surface area contributed by atoms with E-state index in [1.165, 1.54) is 0 Å². The van der Waals surface area contributed by atoms with Gasteiger partial charge in [0.2, 0.25) is 6.29 Å². The van der Waals surface area contributed by atoms with Gasteiger partial charge in [0.05, 0.1) is 5.41 Å². The lowest BCUT2D eigenvalue weighted by atomic mass is 9.48. The van der Waals surface area contributed by atoms with Gasteiger partial charge in [-0.1, -0.05) is 39.2 Å². The number of methoxy groups -OCH3 is 1. The number of hydrogen-bond donors (Lipinski definition) is 0. The van der Waals surface area contributed by atoms with Gasteiger partial charge < -0.3 is 9.47 Å². The second kappa shape index (κ2) is 8.19. The van der Waals surface area contributed by atoms with E-state index in [1.807, 2.05) is 0 Å². The summed E-state index contributed by atoms with van der Waals surface area (Å²) in [6, 6.07) is 0. The monoisotopic (exact) mass is 372 g/mol. The normalized spacial score (nSPS) is 38.5. The largest absolute Gasteiger partial charge is 0.414 e. The second-order valence-corrected chi connectivity index (χ2v) is 8.76. The molecule has 0 aromatic heterocycles. The van der Waals surface area contributed by atoms with Gasteiger partial charge in [-0.3, -0.25) is 9.59 Å². The predicted octanol–water partition coefficient (Wildman–Crippen LogP) is 4.28. The summed E-state index contributed by atoms with van der Waals surface area (Å²) in [4.78, 5) is 26.8. The Morgan fingerprint density at radius 3 is 2.67 bits per heavy atom. The van der Waals surface area contributed by atoms with Crippen molar-refractivity contribution < 1.29 is 19.1 Å². The first kappa shape index (κ1) is 20.1. The zero-order valence-electron chi connectivity index (χ0n) is 16.7. The van der Waals surface area contributed by atoms with Gasteiger partial charge in [0, 0.05) is 19.4 Å². The standard InChI is InChI=1S/C23H32O4/c1-5-27-22(26-4)18-9-7-6-8-15(2)10-11-20(24)23-13-12-17(14-19(18)23)16(3)21(23)25/h1,15,17-19,22H,3,6-14H2,2,4H3. The first-order valence-electron chi connectivity index (χ1n) is 10.4. The van der Waals surface area contributed by atoms with Crippen LogP contribution in [0.1, 0.15) is 64.7 Å². The number of ketones is 2. The smallest absolute Gasteiger partial charge is 0.213 e. The Morgan fingerprint density at radius 2 is 1.96 bits per heavy atom. The SMILES string of the molecule is C#COC(OC)C1CCCCC(C)CCC(=O)C23CCC(CC12)C(=C)C3=O. The Balaban J connectivity index is 2.04. The highest BCUT2D eigenvalue weighted by Gasteiger charge is 2.61. The lowest BCUT2D eigenvalue weighted by Gasteiger charge is -2.53. The van der Waals surface area contributed by atoms with Crippen molar-refractivity contribution >= 4 is 11.6 Å². The fraction of sp³-hybridized carbons (Fsp3) is 0.739. The molecular formula is C23H32O4. The summed E-state index contributed by atoms with van der Waals surface area (Å²) >= 11 is 0. The quantitative estimate of drug-likeness (QED) is 0.321. The summed E-state index contributed by atoms with van der Waals surface area (Å²) in [7, 11) is 1.59. The van der Waals surface area contributed by atoms with Crippen molar-refractivity contribution in [2.24, 2.45) is 29.1 Å². The molecule has 0 N–H and O–H groups in total. The van der Waals surface area contributed by atoms with Crippen LogP contribution in [0, 0.1) is 41.6 Å². The highest BCUT2D eigenvalue weighted by Crippen LogP contribution is 2.58. The first-order valence-corrected chi connectivity index (χ1v) is 10.4. The lowest BCUT2D eigenvalue weighted by Crippen LogP contribution is -2.58. The van der Waals surface area contributed by atoms with Crippen LogP contribution in [0.5, 0.6) is 0 Å². The van der Waals surface area contributed by atoms with Gasteiger partial charge in [-0.05, 0) is 55.4 Å². The number of hydrogen-bond acceptors (Lipinski definition) is 4. The molecule has 4 fully saturated rings. The molecular weight excluding hydrogens is 340 g/mol. The zero-order chi connectivity index (χ0) is 19.6. The Morgan fingerprint density at radius 1 is 1.22 bits per heavy atom. The van der Waals surface area contributed by atoms with E-state index in [0.29, 0.717) is 24.3 Å². The summed E-state index contributed by atoms with van der Waals surface area (Å²) in [5.74, 6) is 0.626. The number of rotatable bonds is 3. The van der Waals surface area contributed by atoms with E-state index in [0.717, 1.165) is 44.9 Å². The molecule has 0 heterocycles. The van der Waals surface area contributed by atoms with Crippen molar-refractivity contribution in [2.45, 2.75) is 71.0 Å². The maximum absolute atomic E-state index is 13.5. The van der Waals surface area contributed by atoms with E-state index in [1.54, 1.807) is 7.11 Å². The average molecular weight is 373 g/mol. The molecule has 0 aromatic carbocycles. The maximum atomic E-state index is 13.5. The van der Waals surface area contributed by atoms with Gasteiger partial charge in [-0.15, -0.1) is 0 Å². The number of terminal acetylenes is 1. The van der Waals surface area contributed by atoms with Gasteiger partial charge in [0.15, 0.2) is 5.78 Å².